The molecule has 0 aliphatic carbocycles. The maximum absolute atomic E-state index is 12.9. The summed E-state index contributed by atoms with van der Waals surface area (Å²) in [5.41, 5.74) is 2.70. The summed E-state index contributed by atoms with van der Waals surface area (Å²) in [6.07, 6.45) is 7.51. The molecule has 4 rings (SSSR count). The van der Waals surface area contributed by atoms with Crippen LogP contribution in [0.25, 0.3) is 5.65 Å². The van der Waals surface area contributed by atoms with Crippen LogP contribution in [0.1, 0.15) is 27.7 Å². The van der Waals surface area contributed by atoms with Crippen molar-refractivity contribution in [2.24, 2.45) is 0 Å². The van der Waals surface area contributed by atoms with Gasteiger partial charge in [-0.25, -0.2) is 9.50 Å². The van der Waals surface area contributed by atoms with E-state index < -0.39 is 0 Å². The van der Waals surface area contributed by atoms with Crippen LogP contribution < -0.4 is 5.32 Å². The molecule has 8 heteroatoms. The number of rotatable bonds is 7. The van der Waals surface area contributed by atoms with Gasteiger partial charge in [-0.2, -0.15) is 10.2 Å². The molecule has 142 valence electrons. The number of hydrogen-bond acceptors (Lipinski definition) is 5. The fraction of sp³-hybridized carbons (Fsp3) is 0.200. The van der Waals surface area contributed by atoms with Crippen molar-refractivity contribution < 1.29 is 9.90 Å². The van der Waals surface area contributed by atoms with Crippen LogP contribution in [-0.4, -0.2) is 42.0 Å². The number of hydrogen-bond donors (Lipinski definition) is 2. The normalized spacial score (nSPS) is 12.2. The molecule has 0 saturated carbocycles. The molecule has 4 aromatic rings. The third-order valence-electron chi connectivity index (χ3n) is 4.44. The highest BCUT2D eigenvalue weighted by Gasteiger charge is 2.19. The Bertz CT molecular complexity index is 1060. The van der Waals surface area contributed by atoms with E-state index in [1.807, 2.05) is 42.6 Å². The van der Waals surface area contributed by atoms with E-state index in [1.165, 1.54) is 0 Å². The Balaban J connectivity index is 1.57. The Labute approximate surface area is 161 Å². The van der Waals surface area contributed by atoms with E-state index >= 15 is 0 Å². The lowest BCUT2D eigenvalue weighted by atomic mass is 10.1. The molecule has 2 N–H and O–H groups in total. The van der Waals surface area contributed by atoms with E-state index in [4.69, 9.17) is 5.11 Å². The quantitative estimate of drug-likeness (QED) is 0.511. The second kappa shape index (κ2) is 8.01. The number of nitrogens with zero attached hydrogens (tertiary/aromatic N) is 5. The zero-order chi connectivity index (χ0) is 19.3. The van der Waals surface area contributed by atoms with Gasteiger partial charge in [0, 0.05) is 37.5 Å². The molecule has 1 amide bonds. The highest BCUT2D eigenvalue weighted by atomic mass is 16.3. The molecular weight excluding hydrogens is 356 g/mol. The summed E-state index contributed by atoms with van der Waals surface area (Å²) >= 11 is 0. The second-order valence-electron chi connectivity index (χ2n) is 6.43. The predicted octanol–water partition coefficient (Wildman–Crippen LogP) is 1.63. The summed E-state index contributed by atoms with van der Waals surface area (Å²) < 4.78 is 3.34. The average Bonchev–Trinajstić information content (AvgIpc) is 3.37. The van der Waals surface area contributed by atoms with Crippen LogP contribution in [0.15, 0.2) is 67.3 Å². The van der Waals surface area contributed by atoms with Gasteiger partial charge in [0.05, 0.1) is 12.6 Å². The SMILES string of the molecule is O=C(N[C@@H](Cn1cccn1)c1ccccc1)c1cc2ncc(CCO)cn2n1. The van der Waals surface area contributed by atoms with Crippen LogP contribution in [0, 0.1) is 0 Å². The minimum absolute atomic E-state index is 0.0357. The highest BCUT2D eigenvalue weighted by molar-refractivity contribution is 5.93. The van der Waals surface area contributed by atoms with E-state index in [1.54, 1.807) is 33.9 Å². The van der Waals surface area contributed by atoms with Gasteiger partial charge >= 0.3 is 0 Å². The van der Waals surface area contributed by atoms with Gasteiger partial charge in [-0.1, -0.05) is 30.3 Å². The summed E-state index contributed by atoms with van der Waals surface area (Å²) in [5.74, 6) is -0.282. The van der Waals surface area contributed by atoms with E-state index in [-0.39, 0.29) is 24.2 Å². The molecule has 0 radical (unpaired) electrons. The molecule has 3 heterocycles. The molecule has 8 nitrogen and oxygen atoms in total. The van der Waals surface area contributed by atoms with Crippen molar-refractivity contribution in [1.82, 2.24) is 29.7 Å². The third kappa shape index (κ3) is 3.91. The van der Waals surface area contributed by atoms with Crippen molar-refractivity contribution in [3.8, 4) is 0 Å². The second-order valence-corrected chi connectivity index (χ2v) is 6.43. The van der Waals surface area contributed by atoms with E-state index in [0.717, 1.165) is 11.1 Å². The van der Waals surface area contributed by atoms with Crippen molar-refractivity contribution in [2.75, 3.05) is 6.61 Å². The number of amides is 1. The standard InChI is InChI=1S/C20H20N6O2/c27-10-7-15-12-21-19-11-17(24-26(19)13-15)20(28)23-18(14-25-9-4-8-22-25)16-5-2-1-3-6-16/h1-6,8-9,11-13,18,27H,7,10,14H2,(H,23,28)/t18-/m0/s1. The minimum Gasteiger partial charge on any atom is -0.396 e. The Hall–Kier alpha value is -3.52. The van der Waals surface area contributed by atoms with Crippen molar-refractivity contribution in [3.63, 3.8) is 0 Å². The molecule has 0 aliphatic heterocycles. The lowest BCUT2D eigenvalue weighted by Gasteiger charge is -2.18. The summed E-state index contributed by atoms with van der Waals surface area (Å²) in [5, 5.41) is 20.7. The number of aliphatic hydroxyl groups excluding tert-OH is 1. The molecule has 3 aromatic heterocycles. The zero-order valence-electron chi connectivity index (χ0n) is 15.1. The van der Waals surface area contributed by atoms with Crippen molar-refractivity contribution in [3.05, 3.63) is 84.1 Å². The van der Waals surface area contributed by atoms with Crippen molar-refractivity contribution >= 4 is 11.6 Å². The Morgan fingerprint density at radius 3 is 2.82 bits per heavy atom. The zero-order valence-corrected chi connectivity index (χ0v) is 15.1. The monoisotopic (exact) mass is 376 g/mol. The van der Waals surface area contributed by atoms with Crippen LogP contribution in [0.4, 0.5) is 0 Å². The van der Waals surface area contributed by atoms with Gasteiger partial charge in [0.15, 0.2) is 11.3 Å². The van der Waals surface area contributed by atoms with Gasteiger partial charge in [0.25, 0.3) is 5.91 Å². The first kappa shape index (κ1) is 17.9. The van der Waals surface area contributed by atoms with Crippen LogP contribution in [0.2, 0.25) is 0 Å². The van der Waals surface area contributed by atoms with Gasteiger partial charge in [-0.05, 0) is 23.6 Å². The summed E-state index contributed by atoms with van der Waals surface area (Å²) in [7, 11) is 0. The van der Waals surface area contributed by atoms with Gasteiger partial charge in [0.1, 0.15) is 0 Å². The fourth-order valence-electron chi connectivity index (χ4n) is 3.03. The number of aromatic nitrogens is 5. The number of carbonyl (C=O) groups excluding carboxylic acids is 1. The lowest BCUT2D eigenvalue weighted by Crippen LogP contribution is -2.32. The van der Waals surface area contributed by atoms with Crippen LogP contribution in [0.3, 0.4) is 0 Å². The van der Waals surface area contributed by atoms with E-state index in [9.17, 15) is 4.79 Å². The van der Waals surface area contributed by atoms with Gasteiger partial charge in [-0.15, -0.1) is 0 Å². The molecule has 0 fully saturated rings. The minimum atomic E-state index is -0.282. The lowest BCUT2D eigenvalue weighted by molar-refractivity contribution is 0.0926. The summed E-state index contributed by atoms with van der Waals surface area (Å²) in [6.45, 7) is 0.545. The van der Waals surface area contributed by atoms with Crippen molar-refractivity contribution in [1.29, 1.82) is 0 Å². The summed E-state index contributed by atoms with van der Waals surface area (Å²) in [6, 6.07) is 13.0. The first-order chi connectivity index (χ1) is 13.7. The number of carbonyl (C=O) groups is 1. The molecule has 1 atom stereocenters. The summed E-state index contributed by atoms with van der Waals surface area (Å²) in [4.78, 5) is 17.1. The van der Waals surface area contributed by atoms with E-state index in [0.29, 0.717) is 18.6 Å². The number of fused-ring (bicyclic) bond motifs is 1. The molecular formula is C20H20N6O2. The fourth-order valence-corrected chi connectivity index (χ4v) is 3.03. The molecule has 0 bridgehead atoms. The smallest absolute Gasteiger partial charge is 0.272 e. The molecule has 1 aromatic carbocycles. The van der Waals surface area contributed by atoms with Crippen LogP contribution >= 0.6 is 0 Å². The predicted molar refractivity (Wildman–Crippen MR) is 103 cm³/mol. The van der Waals surface area contributed by atoms with Crippen molar-refractivity contribution in [2.45, 2.75) is 19.0 Å². The van der Waals surface area contributed by atoms with Crippen LogP contribution in [-0.2, 0) is 13.0 Å². The molecule has 28 heavy (non-hydrogen) atoms. The topological polar surface area (TPSA) is 97.3 Å². The Morgan fingerprint density at radius 1 is 1.21 bits per heavy atom. The molecule has 0 unspecified atom stereocenters. The maximum Gasteiger partial charge on any atom is 0.272 e. The van der Waals surface area contributed by atoms with E-state index in [2.05, 4.69) is 20.5 Å². The first-order valence-corrected chi connectivity index (χ1v) is 9.01. The molecule has 0 spiro atoms. The Kier molecular flexibility index (Phi) is 5.11. The molecule has 0 aliphatic rings. The number of benzene rings is 1. The Morgan fingerprint density at radius 2 is 2.07 bits per heavy atom. The van der Waals surface area contributed by atoms with Gasteiger partial charge < -0.3 is 10.4 Å². The maximum atomic E-state index is 12.9. The van der Waals surface area contributed by atoms with Gasteiger partial charge in [0.2, 0.25) is 0 Å². The van der Waals surface area contributed by atoms with Crippen LogP contribution in [0.5, 0.6) is 0 Å². The molecule has 0 saturated heterocycles. The highest BCUT2D eigenvalue weighted by Crippen LogP contribution is 2.16. The third-order valence-corrected chi connectivity index (χ3v) is 4.44. The average molecular weight is 376 g/mol. The number of aliphatic hydroxyl groups is 1. The largest absolute Gasteiger partial charge is 0.396 e. The number of nitrogens with one attached hydrogen (secondary N) is 1. The van der Waals surface area contributed by atoms with Gasteiger partial charge in [-0.3, -0.25) is 9.48 Å². The first-order valence-electron chi connectivity index (χ1n) is 9.01.